The topological polar surface area (TPSA) is 172 Å². The summed E-state index contributed by atoms with van der Waals surface area (Å²) in [5.74, 6) is -2.74. The molecule has 3 aliphatic rings. The van der Waals surface area contributed by atoms with Gasteiger partial charge in [-0.3, -0.25) is 29.2 Å². The van der Waals surface area contributed by atoms with E-state index in [-0.39, 0.29) is 44.0 Å². The van der Waals surface area contributed by atoms with Crippen LogP contribution in [0.25, 0.3) is 33.3 Å². The molecule has 16 heteroatoms. The number of aryl methyl sites for hydroxylation is 1. The van der Waals surface area contributed by atoms with Crippen molar-refractivity contribution in [1.82, 2.24) is 34.5 Å². The standard InChI is InChI=1S/C52H69N7O8S/c1-11-58-44-20-19-37-27-40(44)41(47(58)39-17-13-22-53-45(39)34(6)66-10)28-52(7,8)31-67-51(63)42-18-14-23-59(55-42)50(62)43(26-35-15-12-16-36(37)25-35)54-48(60)46(33(4)5)56(9)49(61)38-21-24-57(29-38)68(64,65)30-32(2)3/h12-13,15-17,19-20,22,25,27,30,33-34,38,42-43,46,55H,11,14,18,21,23-24,26,28-29,31H2,1-10H3,(H,54,60)/t34-,38-,42-,43-,46-/m0/s1. The molecule has 366 valence electrons. The van der Waals surface area contributed by atoms with E-state index in [2.05, 4.69) is 60.3 Å². The van der Waals surface area contributed by atoms with E-state index in [0.717, 1.165) is 50.1 Å². The second-order valence-corrected chi connectivity index (χ2v) is 21.8. The van der Waals surface area contributed by atoms with Crippen LogP contribution < -0.4 is 10.7 Å². The molecule has 7 rings (SSSR count). The summed E-state index contributed by atoms with van der Waals surface area (Å²) in [6.07, 6.45) is 3.53. The van der Waals surface area contributed by atoms with Crippen molar-refractivity contribution in [2.45, 2.75) is 118 Å². The highest BCUT2D eigenvalue weighted by Gasteiger charge is 2.41. The molecular formula is C52H69N7O8S. The Kier molecular flexibility index (Phi) is 15.3. The van der Waals surface area contributed by atoms with Gasteiger partial charge in [0, 0.05) is 80.2 Å². The Bertz CT molecular complexity index is 2690. The number of aromatic nitrogens is 2. The van der Waals surface area contributed by atoms with Gasteiger partial charge in [0.25, 0.3) is 5.91 Å². The summed E-state index contributed by atoms with van der Waals surface area (Å²) in [6.45, 7) is 16.7. The number of hydrogen-bond donors (Lipinski definition) is 2. The minimum Gasteiger partial charge on any atom is -0.464 e. The van der Waals surface area contributed by atoms with E-state index in [0.29, 0.717) is 44.3 Å². The van der Waals surface area contributed by atoms with Gasteiger partial charge in [0.1, 0.15) is 18.1 Å². The molecule has 0 unspecified atom stereocenters. The lowest BCUT2D eigenvalue weighted by Crippen LogP contribution is -2.62. The van der Waals surface area contributed by atoms with Crippen molar-refractivity contribution in [3.05, 3.63) is 88.6 Å². The van der Waals surface area contributed by atoms with Crippen LogP contribution in [0.2, 0.25) is 0 Å². The van der Waals surface area contributed by atoms with Gasteiger partial charge in [0.2, 0.25) is 21.8 Å². The molecule has 0 spiro atoms. The van der Waals surface area contributed by atoms with E-state index in [9.17, 15) is 27.6 Å². The largest absolute Gasteiger partial charge is 0.464 e. The number of pyridine rings is 1. The van der Waals surface area contributed by atoms with Gasteiger partial charge in [-0.25, -0.2) is 13.8 Å². The second kappa shape index (κ2) is 20.7. The van der Waals surface area contributed by atoms with Gasteiger partial charge < -0.3 is 24.3 Å². The molecule has 0 radical (unpaired) electrons. The number of sulfonamides is 1. The number of likely N-dealkylation sites (N-methyl/N-ethyl adjacent to an activating group) is 1. The van der Waals surface area contributed by atoms with E-state index in [1.807, 2.05) is 51.1 Å². The maximum atomic E-state index is 14.7. The van der Waals surface area contributed by atoms with Crippen molar-refractivity contribution in [1.29, 1.82) is 0 Å². The van der Waals surface area contributed by atoms with E-state index >= 15 is 0 Å². The molecule has 2 aromatic carbocycles. The lowest BCUT2D eigenvalue weighted by molar-refractivity contribution is -0.155. The summed E-state index contributed by atoms with van der Waals surface area (Å²) in [5.41, 5.74) is 11.0. The zero-order chi connectivity index (χ0) is 49.2. The molecule has 5 atom stereocenters. The van der Waals surface area contributed by atoms with Crippen LogP contribution in [0.15, 0.2) is 71.8 Å². The second-order valence-electron chi connectivity index (χ2n) is 20.1. The zero-order valence-corrected chi connectivity index (χ0v) is 42.1. The molecule has 2 N–H and O–H groups in total. The van der Waals surface area contributed by atoms with Crippen LogP contribution in [0.4, 0.5) is 0 Å². The average Bonchev–Trinajstić information content (AvgIpc) is 3.93. The summed E-state index contributed by atoms with van der Waals surface area (Å²) in [5, 5.41) is 6.73. The Morgan fingerprint density at radius 2 is 1.79 bits per heavy atom. The molecule has 3 amide bonds. The van der Waals surface area contributed by atoms with E-state index < -0.39 is 57.3 Å². The molecule has 68 heavy (non-hydrogen) atoms. The zero-order valence-electron chi connectivity index (χ0n) is 41.3. The van der Waals surface area contributed by atoms with Crippen LogP contribution in [0.3, 0.4) is 0 Å². The molecule has 4 aromatic rings. The number of carbonyl (C=O) groups is 4. The fourth-order valence-corrected chi connectivity index (χ4v) is 11.6. The van der Waals surface area contributed by atoms with Gasteiger partial charge in [-0.05, 0) is 106 Å². The number of ether oxygens (including phenoxy) is 2. The number of hydrogen-bond acceptors (Lipinski definition) is 10. The van der Waals surface area contributed by atoms with Crippen LogP contribution in [0, 0.1) is 17.3 Å². The predicted octanol–water partition coefficient (Wildman–Crippen LogP) is 6.80. The number of methoxy groups -OCH3 is 1. The number of hydrazine groups is 1. The third-order valence-corrected chi connectivity index (χ3v) is 15.4. The molecule has 15 nitrogen and oxygen atoms in total. The van der Waals surface area contributed by atoms with Crippen molar-refractivity contribution in [2.75, 3.05) is 40.4 Å². The van der Waals surface area contributed by atoms with Gasteiger partial charge in [-0.2, -0.15) is 4.31 Å². The van der Waals surface area contributed by atoms with E-state index in [4.69, 9.17) is 14.5 Å². The maximum Gasteiger partial charge on any atom is 0.324 e. The number of amides is 3. The van der Waals surface area contributed by atoms with Crippen molar-refractivity contribution in [3.63, 3.8) is 0 Å². The molecule has 2 fully saturated rings. The van der Waals surface area contributed by atoms with E-state index in [1.165, 1.54) is 19.6 Å². The Hall–Kier alpha value is -5.42. The van der Waals surface area contributed by atoms with Crippen LogP contribution in [-0.4, -0.2) is 114 Å². The van der Waals surface area contributed by atoms with Gasteiger partial charge in [-0.15, -0.1) is 0 Å². The number of rotatable bonds is 11. The SMILES string of the molecule is CCn1c(-c2cccnc2[C@H](C)OC)c2c3cc(ccc31)-c1cccc(c1)C[C@H](NC(=O)[C@H](C(C)C)N(C)C(=O)[C@H]1CCN(S(=O)(=O)C=C(C)C)C1)C(=O)N1CCC[C@H](N1)C(=O)OCC(C)(C)C2. The average molecular weight is 952 g/mol. The fraction of sp³-hybridized carbons (Fsp3) is 0.519. The number of nitrogens with one attached hydrogen (secondary N) is 2. The number of fused-ring (bicyclic) bond motifs is 6. The third kappa shape index (κ3) is 10.7. The van der Waals surface area contributed by atoms with Crippen LogP contribution in [0.1, 0.15) is 97.6 Å². The minimum absolute atomic E-state index is 0.0137. The van der Waals surface area contributed by atoms with Crippen LogP contribution >= 0.6 is 0 Å². The monoisotopic (exact) mass is 951 g/mol. The first kappa shape index (κ1) is 50.5. The summed E-state index contributed by atoms with van der Waals surface area (Å²) in [6, 6.07) is 15.6. The molecule has 5 heterocycles. The Morgan fingerprint density at radius 3 is 2.50 bits per heavy atom. The Labute approximate surface area is 401 Å². The molecule has 3 aliphatic heterocycles. The van der Waals surface area contributed by atoms with Crippen LogP contribution in [-0.2, 0) is 58.1 Å². The molecule has 2 saturated heterocycles. The highest BCUT2D eigenvalue weighted by molar-refractivity contribution is 7.92. The van der Waals surface area contributed by atoms with Crippen molar-refractivity contribution in [2.24, 2.45) is 17.3 Å². The first-order chi connectivity index (χ1) is 32.2. The maximum absolute atomic E-state index is 14.7. The summed E-state index contributed by atoms with van der Waals surface area (Å²) in [4.78, 5) is 63.5. The Morgan fingerprint density at radius 1 is 1.04 bits per heavy atom. The molecule has 2 aromatic heterocycles. The third-order valence-electron chi connectivity index (χ3n) is 13.5. The molecular weight excluding hydrogens is 883 g/mol. The minimum atomic E-state index is -3.70. The smallest absolute Gasteiger partial charge is 0.324 e. The summed E-state index contributed by atoms with van der Waals surface area (Å²) < 4.78 is 41.5. The normalized spacial score (nSPS) is 21.2. The van der Waals surface area contributed by atoms with Gasteiger partial charge >= 0.3 is 5.97 Å². The summed E-state index contributed by atoms with van der Waals surface area (Å²) >= 11 is 0. The van der Waals surface area contributed by atoms with Crippen LogP contribution in [0.5, 0.6) is 0 Å². The number of carbonyl (C=O) groups excluding carboxylic acids is 4. The van der Waals surface area contributed by atoms with Crippen molar-refractivity contribution in [3.8, 4) is 22.4 Å². The number of esters is 1. The number of nitrogens with zero attached hydrogens (tertiary/aromatic N) is 5. The predicted molar refractivity (Wildman–Crippen MR) is 263 cm³/mol. The van der Waals surface area contributed by atoms with Gasteiger partial charge in [-0.1, -0.05) is 63.6 Å². The first-order valence-electron chi connectivity index (χ1n) is 23.9. The first-order valence-corrected chi connectivity index (χ1v) is 25.4. The number of allylic oxidation sites excluding steroid dienone is 1. The molecule has 0 aliphatic carbocycles. The fourth-order valence-electron chi connectivity index (χ4n) is 10.1. The lowest BCUT2D eigenvalue weighted by Gasteiger charge is -2.37. The van der Waals surface area contributed by atoms with Crippen molar-refractivity contribution >= 4 is 44.6 Å². The molecule has 6 bridgehead atoms. The number of benzene rings is 2. The lowest BCUT2D eigenvalue weighted by atomic mass is 9.84. The van der Waals surface area contributed by atoms with E-state index in [1.54, 1.807) is 34.2 Å². The highest BCUT2D eigenvalue weighted by atomic mass is 32.2. The summed E-state index contributed by atoms with van der Waals surface area (Å²) in [7, 11) is -0.451. The van der Waals surface area contributed by atoms with Gasteiger partial charge in [0.05, 0.1) is 30.0 Å². The Balaban J connectivity index is 1.27. The quantitative estimate of drug-likeness (QED) is 0.152. The number of cyclic esters (lactones) is 1. The molecule has 0 saturated carbocycles. The highest BCUT2D eigenvalue weighted by Crippen LogP contribution is 2.42. The van der Waals surface area contributed by atoms with Gasteiger partial charge in [0.15, 0.2) is 0 Å². The van der Waals surface area contributed by atoms with Crippen molar-refractivity contribution < 1.29 is 37.1 Å².